The predicted octanol–water partition coefficient (Wildman–Crippen LogP) is 2.61. The van der Waals surface area contributed by atoms with Gasteiger partial charge in [-0.25, -0.2) is 0 Å². The SMILES string of the molecule is Cn1c(CBr)nnc1C1CC2CCC1C2. The smallest absolute Gasteiger partial charge is 0.143 e. The van der Waals surface area contributed by atoms with E-state index in [2.05, 4.69) is 37.7 Å². The van der Waals surface area contributed by atoms with E-state index in [-0.39, 0.29) is 0 Å². The average molecular weight is 270 g/mol. The van der Waals surface area contributed by atoms with Crippen molar-refractivity contribution in [2.75, 3.05) is 0 Å². The minimum absolute atomic E-state index is 0.689. The Balaban J connectivity index is 1.90. The monoisotopic (exact) mass is 269 g/mol. The van der Waals surface area contributed by atoms with Gasteiger partial charge in [0.1, 0.15) is 11.6 Å². The van der Waals surface area contributed by atoms with Crippen molar-refractivity contribution < 1.29 is 0 Å². The average Bonchev–Trinajstić information content (AvgIpc) is 2.91. The number of alkyl halides is 1. The molecule has 2 aliphatic carbocycles. The highest BCUT2D eigenvalue weighted by molar-refractivity contribution is 9.08. The topological polar surface area (TPSA) is 30.7 Å². The summed E-state index contributed by atoms with van der Waals surface area (Å²) in [6.07, 6.45) is 5.64. The van der Waals surface area contributed by atoms with Gasteiger partial charge in [0.25, 0.3) is 0 Å². The summed E-state index contributed by atoms with van der Waals surface area (Å²) < 4.78 is 2.18. The molecule has 1 heterocycles. The number of aromatic nitrogens is 3. The van der Waals surface area contributed by atoms with Gasteiger partial charge in [-0.2, -0.15) is 0 Å². The molecule has 0 saturated heterocycles. The maximum Gasteiger partial charge on any atom is 0.143 e. The van der Waals surface area contributed by atoms with Crippen LogP contribution in [0.3, 0.4) is 0 Å². The first-order valence-electron chi connectivity index (χ1n) is 5.73. The molecule has 0 N–H and O–H groups in total. The van der Waals surface area contributed by atoms with Gasteiger partial charge in [-0.3, -0.25) is 0 Å². The molecule has 3 nitrogen and oxygen atoms in total. The summed E-state index contributed by atoms with van der Waals surface area (Å²) >= 11 is 3.45. The van der Waals surface area contributed by atoms with Crippen molar-refractivity contribution in [1.82, 2.24) is 14.8 Å². The zero-order valence-corrected chi connectivity index (χ0v) is 10.6. The van der Waals surface area contributed by atoms with Crippen LogP contribution in [0.15, 0.2) is 0 Å². The fourth-order valence-corrected chi connectivity index (χ4v) is 3.86. The van der Waals surface area contributed by atoms with Crippen molar-refractivity contribution in [3.8, 4) is 0 Å². The second-order valence-electron chi connectivity index (χ2n) is 4.95. The van der Waals surface area contributed by atoms with E-state index < -0.39 is 0 Å². The summed E-state index contributed by atoms with van der Waals surface area (Å²) in [5, 5.41) is 9.40. The molecule has 3 unspecified atom stereocenters. The Morgan fingerprint density at radius 3 is 2.73 bits per heavy atom. The highest BCUT2D eigenvalue weighted by Gasteiger charge is 2.42. The van der Waals surface area contributed by atoms with Gasteiger partial charge in [0.2, 0.25) is 0 Å². The molecule has 0 radical (unpaired) electrons. The molecule has 2 aliphatic rings. The zero-order valence-electron chi connectivity index (χ0n) is 8.99. The lowest BCUT2D eigenvalue weighted by Crippen LogP contribution is -2.14. The number of halogens is 1. The van der Waals surface area contributed by atoms with Crippen molar-refractivity contribution in [2.24, 2.45) is 18.9 Å². The van der Waals surface area contributed by atoms with E-state index >= 15 is 0 Å². The van der Waals surface area contributed by atoms with Crippen molar-refractivity contribution in [2.45, 2.75) is 36.9 Å². The van der Waals surface area contributed by atoms with Crippen molar-refractivity contribution in [1.29, 1.82) is 0 Å². The van der Waals surface area contributed by atoms with Gasteiger partial charge in [0.15, 0.2) is 0 Å². The molecule has 1 aromatic rings. The van der Waals surface area contributed by atoms with Gasteiger partial charge in [-0.05, 0) is 31.1 Å². The van der Waals surface area contributed by atoms with Crippen LogP contribution in [-0.4, -0.2) is 14.8 Å². The van der Waals surface area contributed by atoms with E-state index in [4.69, 9.17) is 0 Å². The Bertz CT molecular complexity index is 374. The van der Waals surface area contributed by atoms with Gasteiger partial charge in [-0.15, -0.1) is 10.2 Å². The van der Waals surface area contributed by atoms with E-state index in [0.29, 0.717) is 5.92 Å². The Morgan fingerprint density at radius 1 is 1.33 bits per heavy atom. The fraction of sp³-hybridized carbons (Fsp3) is 0.818. The highest BCUT2D eigenvalue weighted by atomic mass is 79.9. The Hall–Kier alpha value is -0.380. The summed E-state index contributed by atoms with van der Waals surface area (Å²) in [4.78, 5) is 0. The molecule has 2 bridgehead atoms. The summed E-state index contributed by atoms with van der Waals surface area (Å²) in [6, 6.07) is 0. The maximum atomic E-state index is 4.37. The maximum absolute atomic E-state index is 4.37. The standard InChI is InChI=1S/C11H16BrN3/c1-15-10(6-12)13-14-11(15)9-5-7-2-3-8(9)4-7/h7-9H,2-6H2,1H3. The first-order chi connectivity index (χ1) is 7.29. The zero-order chi connectivity index (χ0) is 10.4. The lowest BCUT2D eigenvalue weighted by molar-refractivity contribution is 0.397. The Kier molecular flexibility index (Phi) is 2.34. The van der Waals surface area contributed by atoms with Gasteiger partial charge >= 0.3 is 0 Å². The van der Waals surface area contributed by atoms with Crippen LogP contribution in [0.5, 0.6) is 0 Å². The van der Waals surface area contributed by atoms with Crippen LogP contribution < -0.4 is 0 Å². The number of fused-ring (bicyclic) bond motifs is 2. The molecule has 15 heavy (non-hydrogen) atoms. The van der Waals surface area contributed by atoms with Crippen LogP contribution in [0.2, 0.25) is 0 Å². The largest absolute Gasteiger partial charge is 0.317 e. The third kappa shape index (κ3) is 1.45. The fourth-order valence-electron chi connectivity index (χ4n) is 3.38. The summed E-state index contributed by atoms with van der Waals surface area (Å²) in [5.41, 5.74) is 0. The van der Waals surface area contributed by atoms with Crippen LogP contribution in [0.1, 0.15) is 43.3 Å². The molecule has 0 amide bonds. The summed E-state index contributed by atoms with van der Waals surface area (Å²) in [7, 11) is 2.10. The van der Waals surface area contributed by atoms with Crippen molar-refractivity contribution >= 4 is 15.9 Å². The highest BCUT2D eigenvalue weighted by Crippen LogP contribution is 2.52. The quantitative estimate of drug-likeness (QED) is 0.773. The normalized spacial score (nSPS) is 33.9. The first-order valence-corrected chi connectivity index (χ1v) is 6.86. The number of hydrogen-bond donors (Lipinski definition) is 0. The summed E-state index contributed by atoms with van der Waals surface area (Å²) in [6.45, 7) is 0. The molecule has 3 atom stereocenters. The number of nitrogens with zero attached hydrogens (tertiary/aromatic N) is 3. The van der Waals surface area contributed by atoms with E-state index in [1.54, 1.807) is 0 Å². The van der Waals surface area contributed by atoms with Crippen LogP contribution in [0.4, 0.5) is 0 Å². The second kappa shape index (κ2) is 3.58. The van der Waals surface area contributed by atoms with E-state index in [9.17, 15) is 0 Å². The minimum atomic E-state index is 0.689. The molecule has 2 saturated carbocycles. The molecule has 0 aromatic carbocycles. The Morgan fingerprint density at radius 2 is 2.20 bits per heavy atom. The lowest BCUT2D eigenvalue weighted by Gasteiger charge is -2.20. The minimum Gasteiger partial charge on any atom is -0.317 e. The number of hydrogen-bond acceptors (Lipinski definition) is 2. The second-order valence-corrected chi connectivity index (χ2v) is 5.51. The number of rotatable bonds is 2. The van der Waals surface area contributed by atoms with Gasteiger partial charge in [0.05, 0.1) is 5.33 Å². The van der Waals surface area contributed by atoms with Crippen molar-refractivity contribution in [3.05, 3.63) is 11.6 Å². The lowest BCUT2D eigenvalue weighted by atomic mass is 9.88. The van der Waals surface area contributed by atoms with Gasteiger partial charge in [-0.1, -0.05) is 22.4 Å². The van der Waals surface area contributed by atoms with Crippen LogP contribution in [0.25, 0.3) is 0 Å². The third-order valence-electron chi connectivity index (χ3n) is 4.19. The van der Waals surface area contributed by atoms with Crippen LogP contribution in [0, 0.1) is 11.8 Å². The van der Waals surface area contributed by atoms with Crippen LogP contribution in [-0.2, 0) is 12.4 Å². The molecule has 2 fully saturated rings. The predicted molar refractivity (Wildman–Crippen MR) is 61.8 cm³/mol. The molecule has 0 spiro atoms. The van der Waals surface area contributed by atoms with Crippen LogP contribution >= 0.6 is 15.9 Å². The molecule has 0 aliphatic heterocycles. The molecule has 3 rings (SSSR count). The Labute approximate surface area is 98.4 Å². The molecular weight excluding hydrogens is 254 g/mol. The molecular formula is C11H16BrN3. The molecule has 82 valence electrons. The van der Waals surface area contributed by atoms with Gasteiger partial charge in [0, 0.05) is 13.0 Å². The van der Waals surface area contributed by atoms with E-state index in [1.165, 1.54) is 31.5 Å². The third-order valence-corrected chi connectivity index (χ3v) is 4.69. The van der Waals surface area contributed by atoms with Gasteiger partial charge < -0.3 is 4.57 Å². The van der Waals surface area contributed by atoms with Crippen molar-refractivity contribution in [3.63, 3.8) is 0 Å². The summed E-state index contributed by atoms with van der Waals surface area (Å²) in [5.74, 6) is 4.82. The van der Waals surface area contributed by atoms with E-state index in [0.717, 1.165) is 23.0 Å². The molecule has 4 heteroatoms. The first kappa shape index (κ1) is 9.82. The molecule has 1 aromatic heterocycles. The van der Waals surface area contributed by atoms with E-state index in [1.807, 2.05) is 0 Å².